The normalized spacial score (nSPS) is 16.4. The monoisotopic (exact) mass is 300 g/mol. The molecule has 0 bridgehead atoms. The molecule has 4 heteroatoms. The smallest absolute Gasteiger partial charge is 0.221 e. The van der Waals surface area contributed by atoms with Crippen molar-refractivity contribution in [2.75, 3.05) is 10.6 Å². The lowest BCUT2D eigenvalue weighted by molar-refractivity contribution is -0.114. The minimum atomic E-state index is -0.123. The van der Waals surface area contributed by atoms with E-state index in [0.29, 0.717) is 16.8 Å². The summed E-state index contributed by atoms with van der Waals surface area (Å²) in [5, 5.41) is 6.78. The van der Waals surface area contributed by atoms with Crippen molar-refractivity contribution in [3.63, 3.8) is 0 Å². The zero-order valence-corrected chi connectivity index (χ0v) is 12.6. The van der Waals surface area contributed by atoms with Gasteiger partial charge in [-0.1, -0.05) is 35.9 Å². The Bertz CT molecular complexity index is 684. The number of hydrogen-bond acceptors (Lipinski definition) is 2. The van der Waals surface area contributed by atoms with Gasteiger partial charge in [0.2, 0.25) is 5.91 Å². The van der Waals surface area contributed by atoms with Crippen molar-refractivity contribution >= 4 is 28.9 Å². The Labute approximate surface area is 129 Å². The van der Waals surface area contributed by atoms with Gasteiger partial charge in [0, 0.05) is 12.6 Å². The number of carbonyl (C=O) groups excluding carboxylic acids is 1. The van der Waals surface area contributed by atoms with Crippen LogP contribution in [0.1, 0.15) is 30.5 Å². The molecule has 3 nitrogen and oxygen atoms in total. The number of carbonyl (C=O) groups is 1. The third kappa shape index (κ3) is 3.03. The number of halogens is 1. The molecule has 0 saturated heterocycles. The molecule has 2 aromatic rings. The van der Waals surface area contributed by atoms with Gasteiger partial charge in [-0.3, -0.25) is 4.79 Å². The largest absolute Gasteiger partial charge is 0.378 e. The minimum absolute atomic E-state index is 0.123. The first-order valence-corrected chi connectivity index (χ1v) is 7.43. The lowest BCUT2D eigenvalue weighted by Crippen LogP contribution is -2.08. The molecule has 1 atom stereocenters. The van der Waals surface area contributed by atoms with Crippen molar-refractivity contribution in [2.45, 2.75) is 25.8 Å². The molecule has 2 N–H and O–H groups in total. The van der Waals surface area contributed by atoms with Crippen LogP contribution in [0.3, 0.4) is 0 Å². The van der Waals surface area contributed by atoms with Crippen molar-refractivity contribution in [1.82, 2.24) is 0 Å². The maximum Gasteiger partial charge on any atom is 0.221 e. The fourth-order valence-corrected chi connectivity index (χ4v) is 3.03. The molecule has 0 heterocycles. The Kier molecular flexibility index (Phi) is 3.84. The summed E-state index contributed by atoms with van der Waals surface area (Å²) >= 11 is 6.20. The van der Waals surface area contributed by atoms with Crippen LogP contribution in [0.15, 0.2) is 42.5 Å². The third-order valence-electron chi connectivity index (χ3n) is 3.75. The van der Waals surface area contributed by atoms with E-state index in [9.17, 15) is 4.79 Å². The Hall–Kier alpha value is -2.00. The molecule has 0 saturated carbocycles. The molecule has 1 aliphatic rings. The molecule has 0 radical (unpaired) electrons. The molecule has 1 aliphatic carbocycles. The lowest BCUT2D eigenvalue weighted by atomic mass is 10.1. The van der Waals surface area contributed by atoms with Gasteiger partial charge in [0.15, 0.2) is 0 Å². The average Bonchev–Trinajstić information content (AvgIpc) is 2.85. The van der Waals surface area contributed by atoms with Crippen molar-refractivity contribution in [3.8, 4) is 0 Å². The summed E-state index contributed by atoms with van der Waals surface area (Å²) < 4.78 is 0. The maximum atomic E-state index is 11.1. The van der Waals surface area contributed by atoms with Crippen LogP contribution < -0.4 is 10.6 Å². The van der Waals surface area contributed by atoms with Crippen LogP contribution in [0, 0.1) is 0 Å². The number of fused-ring (bicyclic) bond motifs is 1. The van der Waals surface area contributed by atoms with Gasteiger partial charge in [-0.25, -0.2) is 0 Å². The molecule has 0 aliphatic heterocycles. The standard InChI is InChI=1S/C17H17ClN2O/c1-11(21)19-17-9-7-13(10-15(17)18)20-16-8-6-12-4-2-3-5-14(12)16/h2-5,7,9-10,16,20H,6,8H2,1H3,(H,19,21). The van der Waals surface area contributed by atoms with E-state index in [-0.39, 0.29) is 5.91 Å². The van der Waals surface area contributed by atoms with E-state index in [0.717, 1.165) is 18.5 Å². The van der Waals surface area contributed by atoms with Crippen LogP contribution in [-0.2, 0) is 11.2 Å². The lowest BCUT2D eigenvalue weighted by Gasteiger charge is -2.16. The third-order valence-corrected chi connectivity index (χ3v) is 4.07. The Morgan fingerprint density at radius 2 is 2.05 bits per heavy atom. The fraction of sp³-hybridized carbons (Fsp3) is 0.235. The summed E-state index contributed by atoms with van der Waals surface area (Å²) in [5.74, 6) is -0.123. The number of aryl methyl sites for hydroxylation is 1. The molecule has 21 heavy (non-hydrogen) atoms. The predicted octanol–water partition coefficient (Wildman–Crippen LogP) is 4.40. The second kappa shape index (κ2) is 5.78. The van der Waals surface area contributed by atoms with Gasteiger partial charge < -0.3 is 10.6 Å². The summed E-state index contributed by atoms with van der Waals surface area (Å²) in [4.78, 5) is 11.1. The number of nitrogens with one attached hydrogen (secondary N) is 2. The summed E-state index contributed by atoms with van der Waals surface area (Å²) in [6, 6.07) is 14.5. The quantitative estimate of drug-likeness (QED) is 0.882. The number of amides is 1. The number of rotatable bonds is 3. The molecule has 3 rings (SSSR count). The van der Waals surface area contributed by atoms with Gasteiger partial charge >= 0.3 is 0 Å². The van der Waals surface area contributed by atoms with Gasteiger partial charge in [0.05, 0.1) is 16.8 Å². The number of anilines is 2. The summed E-state index contributed by atoms with van der Waals surface area (Å²) in [7, 11) is 0. The highest BCUT2D eigenvalue weighted by Gasteiger charge is 2.21. The molecule has 0 spiro atoms. The first-order chi connectivity index (χ1) is 10.1. The highest BCUT2D eigenvalue weighted by molar-refractivity contribution is 6.34. The van der Waals surface area contributed by atoms with Gasteiger partial charge in [-0.15, -0.1) is 0 Å². The van der Waals surface area contributed by atoms with Crippen molar-refractivity contribution in [2.24, 2.45) is 0 Å². The van der Waals surface area contributed by atoms with Crippen molar-refractivity contribution in [3.05, 3.63) is 58.6 Å². The summed E-state index contributed by atoms with van der Waals surface area (Å²) in [5.41, 5.74) is 4.38. The van der Waals surface area contributed by atoms with Crippen LogP contribution in [0.4, 0.5) is 11.4 Å². The Morgan fingerprint density at radius 3 is 2.81 bits per heavy atom. The highest BCUT2D eigenvalue weighted by atomic mass is 35.5. The predicted molar refractivity (Wildman–Crippen MR) is 86.9 cm³/mol. The van der Waals surface area contributed by atoms with E-state index >= 15 is 0 Å². The van der Waals surface area contributed by atoms with Crippen molar-refractivity contribution < 1.29 is 4.79 Å². The molecule has 1 amide bonds. The second-order valence-corrected chi connectivity index (χ2v) is 5.72. The zero-order valence-electron chi connectivity index (χ0n) is 11.8. The van der Waals surface area contributed by atoms with Gasteiger partial charge in [0.1, 0.15) is 0 Å². The van der Waals surface area contributed by atoms with E-state index < -0.39 is 0 Å². The highest BCUT2D eigenvalue weighted by Crippen LogP contribution is 2.35. The average molecular weight is 301 g/mol. The van der Waals surface area contributed by atoms with E-state index in [1.54, 1.807) is 0 Å². The van der Waals surface area contributed by atoms with Crippen LogP contribution in [-0.4, -0.2) is 5.91 Å². The molecule has 2 aromatic carbocycles. The molecular formula is C17H17ClN2O. The van der Waals surface area contributed by atoms with Crippen LogP contribution >= 0.6 is 11.6 Å². The summed E-state index contributed by atoms with van der Waals surface area (Å²) in [6.45, 7) is 1.47. The minimum Gasteiger partial charge on any atom is -0.378 e. The Morgan fingerprint density at radius 1 is 1.24 bits per heavy atom. The van der Waals surface area contributed by atoms with E-state index in [2.05, 4.69) is 34.9 Å². The number of benzene rings is 2. The van der Waals surface area contributed by atoms with E-state index in [1.165, 1.54) is 18.1 Å². The Balaban J connectivity index is 1.77. The molecule has 0 aromatic heterocycles. The number of hydrogen-bond donors (Lipinski definition) is 2. The van der Waals surface area contributed by atoms with Crippen LogP contribution in [0.25, 0.3) is 0 Å². The molecular weight excluding hydrogens is 284 g/mol. The second-order valence-electron chi connectivity index (χ2n) is 5.31. The van der Waals surface area contributed by atoms with Crippen LogP contribution in [0.5, 0.6) is 0 Å². The molecule has 0 fully saturated rings. The fourth-order valence-electron chi connectivity index (χ4n) is 2.80. The maximum absolute atomic E-state index is 11.1. The SMILES string of the molecule is CC(=O)Nc1ccc(NC2CCc3ccccc32)cc1Cl. The van der Waals surface area contributed by atoms with Gasteiger partial charge in [-0.2, -0.15) is 0 Å². The van der Waals surface area contributed by atoms with Gasteiger partial charge in [-0.05, 0) is 42.2 Å². The molecule has 1 unspecified atom stereocenters. The molecule has 108 valence electrons. The van der Waals surface area contributed by atoms with E-state index in [4.69, 9.17) is 11.6 Å². The van der Waals surface area contributed by atoms with Crippen molar-refractivity contribution in [1.29, 1.82) is 0 Å². The first-order valence-electron chi connectivity index (χ1n) is 7.05. The van der Waals surface area contributed by atoms with Crippen LogP contribution in [0.2, 0.25) is 5.02 Å². The summed E-state index contributed by atoms with van der Waals surface area (Å²) in [6.07, 6.45) is 2.19. The topological polar surface area (TPSA) is 41.1 Å². The van der Waals surface area contributed by atoms with E-state index in [1.807, 2.05) is 18.2 Å². The first kappa shape index (κ1) is 14.0. The van der Waals surface area contributed by atoms with Gasteiger partial charge in [0.25, 0.3) is 0 Å². The zero-order chi connectivity index (χ0) is 14.8.